The monoisotopic (exact) mass is 221 g/mol. The second-order valence-corrected chi connectivity index (χ2v) is 2.56. The molecular formula is C7H12BrNO2. The van der Waals surface area contributed by atoms with Crippen LogP contribution in [0.5, 0.6) is 0 Å². The Hall–Kier alpha value is -0.350. The lowest BCUT2D eigenvalue weighted by Crippen LogP contribution is -2.28. The Morgan fingerprint density at radius 2 is 2.36 bits per heavy atom. The molecule has 0 fully saturated rings. The molecule has 0 aromatic rings. The molecule has 0 bridgehead atoms. The number of hydrogen-bond donors (Lipinski definition) is 1. The van der Waals surface area contributed by atoms with E-state index in [2.05, 4.69) is 0 Å². The Morgan fingerprint density at radius 1 is 1.73 bits per heavy atom. The van der Waals surface area contributed by atoms with Crippen LogP contribution in [0.2, 0.25) is 0 Å². The number of halogens is 1. The van der Waals surface area contributed by atoms with Gasteiger partial charge in [0.1, 0.15) is 0 Å². The molecule has 1 aliphatic heterocycles. The van der Waals surface area contributed by atoms with E-state index in [9.17, 15) is 4.79 Å². The minimum Gasteiger partial charge on any atom is -0.478 e. The Bertz CT molecular complexity index is 179. The minimum atomic E-state index is -0.786. The Morgan fingerprint density at radius 3 is 2.73 bits per heavy atom. The van der Waals surface area contributed by atoms with Gasteiger partial charge in [0.2, 0.25) is 0 Å². The first-order valence-electron chi connectivity index (χ1n) is 3.31. The molecule has 1 N–H and O–H groups in total. The van der Waals surface area contributed by atoms with Crippen LogP contribution in [0.1, 0.15) is 6.42 Å². The van der Waals surface area contributed by atoms with Crippen LogP contribution in [-0.4, -0.2) is 36.1 Å². The van der Waals surface area contributed by atoms with E-state index < -0.39 is 5.97 Å². The van der Waals surface area contributed by atoms with E-state index in [4.69, 9.17) is 5.11 Å². The summed E-state index contributed by atoms with van der Waals surface area (Å²) in [7, 11) is 1.93. The van der Waals surface area contributed by atoms with Crippen molar-refractivity contribution in [2.75, 3.05) is 20.1 Å². The SMILES string of the molecule is Br.CN1CCC=C(C(=O)O)C1. The van der Waals surface area contributed by atoms with Gasteiger partial charge in [-0.2, -0.15) is 0 Å². The molecule has 0 aliphatic carbocycles. The van der Waals surface area contributed by atoms with Crippen molar-refractivity contribution in [1.29, 1.82) is 0 Å². The van der Waals surface area contributed by atoms with Crippen LogP contribution in [-0.2, 0) is 4.79 Å². The highest BCUT2D eigenvalue weighted by Crippen LogP contribution is 2.06. The summed E-state index contributed by atoms with van der Waals surface area (Å²) < 4.78 is 0. The van der Waals surface area contributed by atoms with Crippen molar-refractivity contribution < 1.29 is 9.90 Å². The predicted molar refractivity (Wildman–Crippen MR) is 48.2 cm³/mol. The Labute approximate surface area is 76.5 Å². The molecule has 3 nitrogen and oxygen atoms in total. The normalized spacial score (nSPS) is 18.5. The van der Waals surface area contributed by atoms with E-state index >= 15 is 0 Å². The average Bonchev–Trinajstić information content (AvgIpc) is 1.88. The third-order valence-corrected chi connectivity index (χ3v) is 1.62. The summed E-state index contributed by atoms with van der Waals surface area (Å²) in [6.07, 6.45) is 2.65. The fourth-order valence-corrected chi connectivity index (χ4v) is 1.05. The lowest BCUT2D eigenvalue weighted by atomic mass is 10.1. The van der Waals surface area contributed by atoms with Crippen LogP contribution in [0.15, 0.2) is 11.6 Å². The number of carboxylic acids is 1. The number of nitrogens with zero attached hydrogens (tertiary/aromatic N) is 1. The van der Waals surface area contributed by atoms with Crippen LogP contribution in [0, 0.1) is 0 Å². The topological polar surface area (TPSA) is 40.5 Å². The zero-order chi connectivity index (χ0) is 7.56. The first-order valence-corrected chi connectivity index (χ1v) is 3.31. The lowest BCUT2D eigenvalue weighted by molar-refractivity contribution is -0.133. The predicted octanol–water partition coefficient (Wildman–Crippen LogP) is 0.911. The summed E-state index contributed by atoms with van der Waals surface area (Å²) in [5, 5.41) is 8.56. The van der Waals surface area contributed by atoms with Gasteiger partial charge in [-0.05, 0) is 13.5 Å². The maximum atomic E-state index is 10.4. The second-order valence-electron chi connectivity index (χ2n) is 2.56. The highest BCUT2D eigenvalue weighted by molar-refractivity contribution is 8.93. The van der Waals surface area contributed by atoms with Crippen molar-refractivity contribution in [2.24, 2.45) is 0 Å². The van der Waals surface area contributed by atoms with E-state index in [1.807, 2.05) is 11.9 Å². The first kappa shape index (κ1) is 10.7. The van der Waals surface area contributed by atoms with Gasteiger partial charge in [-0.15, -0.1) is 17.0 Å². The van der Waals surface area contributed by atoms with Gasteiger partial charge < -0.3 is 10.0 Å². The quantitative estimate of drug-likeness (QED) is 0.716. The molecule has 0 spiro atoms. The summed E-state index contributed by atoms with van der Waals surface area (Å²) in [6, 6.07) is 0. The molecule has 0 unspecified atom stereocenters. The standard InChI is InChI=1S/C7H11NO2.BrH/c1-8-4-2-3-6(5-8)7(9)10;/h3H,2,4-5H2,1H3,(H,9,10);1H. The molecule has 1 rings (SSSR count). The van der Waals surface area contributed by atoms with Gasteiger partial charge in [-0.3, -0.25) is 0 Å². The molecule has 1 heterocycles. The Kier molecular flexibility index (Phi) is 4.37. The third kappa shape index (κ3) is 3.03. The highest BCUT2D eigenvalue weighted by Gasteiger charge is 2.13. The van der Waals surface area contributed by atoms with Gasteiger partial charge in [0, 0.05) is 18.7 Å². The number of aliphatic carboxylic acids is 1. The zero-order valence-corrected chi connectivity index (χ0v) is 8.12. The smallest absolute Gasteiger partial charge is 0.332 e. The molecule has 0 aromatic heterocycles. The van der Waals surface area contributed by atoms with E-state index in [1.165, 1.54) is 0 Å². The van der Waals surface area contributed by atoms with Gasteiger partial charge >= 0.3 is 5.97 Å². The molecule has 0 amide bonds. The van der Waals surface area contributed by atoms with Crippen molar-refractivity contribution in [3.05, 3.63) is 11.6 Å². The van der Waals surface area contributed by atoms with Crippen molar-refractivity contribution in [3.8, 4) is 0 Å². The largest absolute Gasteiger partial charge is 0.478 e. The van der Waals surface area contributed by atoms with Crippen LogP contribution in [0.4, 0.5) is 0 Å². The molecule has 64 valence electrons. The van der Waals surface area contributed by atoms with Crippen LogP contribution >= 0.6 is 17.0 Å². The van der Waals surface area contributed by atoms with Crippen LogP contribution in [0.25, 0.3) is 0 Å². The molecule has 0 atom stereocenters. The summed E-state index contributed by atoms with van der Waals surface area (Å²) >= 11 is 0. The fourth-order valence-electron chi connectivity index (χ4n) is 1.05. The minimum absolute atomic E-state index is 0. The van der Waals surface area contributed by atoms with E-state index in [1.54, 1.807) is 6.08 Å². The molecule has 0 saturated heterocycles. The Balaban J connectivity index is 0.000001000. The van der Waals surface area contributed by atoms with Crippen molar-refractivity contribution in [2.45, 2.75) is 6.42 Å². The molecule has 0 radical (unpaired) electrons. The van der Waals surface area contributed by atoms with Crippen LogP contribution < -0.4 is 0 Å². The van der Waals surface area contributed by atoms with E-state index in [0.29, 0.717) is 12.1 Å². The fraction of sp³-hybridized carbons (Fsp3) is 0.571. The molecule has 0 aromatic carbocycles. The van der Waals surface area contributed by atoms with Gasteiger partial charge in [0.25, 0.3) is 0 Å². The molecule has 11 heavy (non-hydrogen) atoms. The molecule has 1 aliphatic rings. The number of hydrogen-bond acceptors (Lipinski definition) is 2. The summed E-state index contributed by atoms with van der Waals surface area (Å²) in [5.74, 6) is -0.786. The maximum Gasteiger partial charge on any atom is 0.332 e. The average molecular weight is 222 g/mol. The second kappa shape index (κ2) is 4.51. The van der Waals surface area contributed by atoms with Crippen molar-refractivity contribution in [3.63, 3.8) is 0 Å². The van der Waals surface area contributed by atoms with Gasteiger partial charge in [-0.25, -0.2) is 4.79 Å². The number of carbonyl (C=O) groups is 1. The lowest BCUT2D eigenvalue weighted by Gasteiger charge is -2.20. The zero-order valence-electron chi connectivity index (χ0n) is 6.41. The van der Waals surface area contributed by atoms with Crippen LogP contribution in [0.3, 0.4) is 0 Å². The van der Waals surface area contributed by atoms with Crippen molar-refractivity contribution in [1.82, 2.24) is 4.90 Å². The highest BCUT2D eigenvalue weighted by atomic mass is 79.9. The number of likely N-dealkylation sites (N-methyl/N-ethyl adjacent to an activating group) is 1. The maximum absolute atomic E-state index is 10.4. The number of carboxylic acid groups (broad SMARTS) is 1. The summed E-state index contributed by atoms with van der Waals surface area (Å²) in [4.78, 5) is 12.4. The first-order chi connectivity index (χ1) is 4.70. The molecule has 4 heteroatoms. The van der Waals surface area contributed by atoms with Gasteiger partial charge in [0.05, 0.1) is 0 Å². The van der Waals surface area contributed by atoms with Crippen molar-refractivity contribution >= 4 is 23.0 Å². The number of rotatable bonds is 1. The van der Waals surface area contributed by atoms with E-state index in [-0.39, 0.29) is 17.0 Å². The summed E-state index contributed by atoms with van der Waals surface area (Å²) in [5.41, 5.74) is 0.522. The summed E-state index contributed by atoms with van der Waals surface area (Å²) in [6.45, 7) is 1.55. The van der Waals surface area contributed by atoms with E-state index in [0.717, 1.165) is 13.0 Å². The van der Waals surface area contributed by atoms with Gasteiger partial charge in [0.15, 0.2) is 0 Å². The molecule has 0 saturated carbocycles. The third-order valence-electron chi connectivity index (χ3n) is 1.62. The molecular weight excluding hydrogens is 210 g/mol. The van der Waals surface area contributed by atoms with Gasteiger partial charge in [-0.1, -0.05) is 6.08 Å².